The molecule has 1 fully saturated rings. The van der Waals surface area contributed by atoms with Crippen molar-refractivity contribution < 1.29 is 34.2 Å². The van der Waals surface area contributed by atoms with Crippen LogP contribution in [-0.4, -0.2) is 89.6 Å². The molecule has 1 aliphatic heterocycles. The highest BCUT2D eigenvalue weighted by Gasteiger charge is 2.32. The third-order valence-electron chi connectivity index (χ3n) is 5.53. The zero-order chi connectivity index (χ0) is 27.1. The lowest BCUT2D eigenvalue weighted by Gasteiger charge is -2.24. The molecule has 36 heavy (non-hydrogen) atoms. The molecule has 3 amide bonds. The molecular formula is C21H38N8O7. The van der Waals surface area contributed by atoms with Crippen LogP contribution in [0.5, 0.6) is 0 Å². The summed E-state index contributed by atoms with van der Waals surface area (Å²) in [5.41, 5.74) is 16.0. The summed E-state index contributed by atoms with van der Waals surface area (Å²) in [7, 11) is 0. The molecule has 1 rings (SSSR count). The SMILES string of the molecule is NCCCCC(NC(=O)C(CC(=O)O)NC(=O)C(CCCN=C(N)N)NC(=O)C1CCCN1)C(=O)O. The largest absolute Gasteiger partial charge is 0.481 e. The Hall–Kier alpha value is -3.46. The second kappa shape index (κ2) is 16.3. The maximum absolute atomic E-state index is 13.0. The molecule has 204 valence electrons. The lowest BCUT2D eigenvalue weighted by molar-refractivity contribution is -0.143. The van der Waals surface area contributed by atoms with Crippen LogP contribution in [0.2, 0.25) is 0 Å². The fourth-order valence-electron chi connectivity index (χ4n) is 3.63. The maximum atomic E-state index is 13.0. The highest BCUT2D eigenvalue weighted by atomic mass is 16.4. The molecule has 1 aliphatic rings. The number of aliphatic carboxylic acids is 2. The van der Waals surface area contributed by atoms with Crippen molar-refractivity contribution in [3.8, 4) is 0 Å². The van der Waals surface area contributed by atoms with Crippen molar-refractivity contribution in [2.24, 2.45) is 22.2 Å². The minimum atomic E-state index is -1.56. The monoisotopic (exact) mass is 514 g/mol. The van der Waals surface area contributed by atoms with Crippen molar-refractivity contribution in [3.05, 3.63) is 0 Å². The molecule has 4 atom stereocenters. The molecule has 15 heteroatoms. The second-order valence-corrected chi connectivity index (χ2v) is 8.50. The third-order valence-corrected chi connectivity index (χ3v) is 5.53. The van der Waals surface area contributed by atoms with Gasteiger partial charge in [0.1, 0.15) is 18.1 Å². The maximum Gasteiger partial charge on any atom is 0.326 e. The molecule has 0 saturated carbocycles. The predicted octanol–water partition coefficient (Wildman–Crippen LogP) is -3.07. The fraction of sp³-hybridized carbons (Fsp3) is 0.714. The summed E-state index contributed by atoms with van der Waals surface area (Å²) >= 11 is 0. The Morgan fingerprint density at radius 2 is 1.56 bits per heavy atom. The molecule has 0 aliphatic carbocycles. The van der Waals surface area contributed by atoms with E-state index in [1.807, 2.05) is 0 Å². The molecule has 15 nitrogen and oxygen atoms in total. The lowest BCUT2D eigenvalue weighted by Crippen LogP contribution is -2.57. The number of carboxylic acids is 2. The van der Waals surface area contributed by atoms with Gasteiger partial charge in [-0.3, -0.25) is 24.2 Å². The molecular weight excluding hydrogens is 476 g/mol. The number of hydrogen-bond donors (Lipinski definition) is 9. The Labute approximate surface area is 209 Å². The van der Waals surface area contributed by atoms with E-state index in [-0.39, 0.29) is 25.3 Å². The van der Waals surface area contributed by atoms with Crippen LogP contribution >= 0.6 is 0 Å². The quantitative estimate of drug-likeness (QED) is 0.0534. The van der Waals surface area contributed by atoms with Crippen molar-refractivity contribution in [2.75, 3.05) is 19.6 Å². The zero-order valence-corrected chi connectivity index (χ0v) is 20.2. The standard InChI is InChI=1S/C21H38N8O7/c22-8-2-1-5-14(20(35)36)28-19(34)15(11-16(30)31)29-18(33)13(7-4-10-26-21(23)24)27-17(32)12-6-3-9-25-12/h12-15,25H,1-11,22H2,(H,27,32)(H,28,34)(H,29,33)(H,30,31)(H,35,36)(H4,23,24,26). The predicted molar refractivity (Wildman–Crippen MR) is 130 cm³/mol. The number of nitrogens with zero attached hydrogens (tertiary/aromatic N) is 1. The molecule has 0 radical (unpaired) electrons. The molecule has 12 N–H and O–H groups in total. The van der Waals surface area contributed by atoms with E-state index in [0.29, 0.717) is 38.8 Å². The normalized spacial score (nSPS) is 17.3. The Morgan fingerprint density at radius 1 is 0.917 bits per heavy atom. The van der Waals surface area contributed by atoms with Crippen LogP contribution in [0, 0.1) is 0 Å². The summed E-state index contributed by atoms with van der Waals surface area (Å²) < 4.78 is 0. The van der Waals surface area contributed by atoms with Crippen molar-refractivity contribution in [2.45, 2.75) is 75.5 Å². The van der Waals surface area contributed by atoms with E-state index < -0.39 is 60.2 Å². The average Bonchev–Trinajstić information content (AvgIpc) is 3.34. The topological polar surface area (TPSA) is 264 Å². The zero-order valence-electron chi connectivity index (χ0n) is 20.2. The number of carboxylic acid groups (broad SMARTS) is 2. The Balaban J connectivity index is 2.93. The number of carbonyl (C=O) groups is 5. The van der Waals surface area contributed by atoms with Gasteiger partial charge in [0.2, 0.25) is 17.7 Å². The van der Waals surface area contributed by atoms with Gasteiger partial charge in [0.05, 0.1) is 12.5 Å². The molecule has 0 spiro atoms. The van der Waals surface area contributed by atoms with Crippen molar-refractivity contribution in [3.63, 3.8) is 0 Å². The molecule has 1 heterocycles. The van der Waals surface area contributed by atoms with E-state index in [4.69, 9.17) is 17.2 Å². The number of unbranched alkanes of at least 4 members (excludes halogenated alkanes) is 1. The molecule has 0 aromatic rings. The minimum Gasteiger partial charge on any atom is -0.481 e. The number of aliphatic imine (C=N–C) groups is 1. The van der Waals surface area contributed by atoms with Crippen LogP contribution in [0.1, 0.15) is 51.4 Å². The highest BCUT2D eigenvalue weighted by molar-refractivity contribution is 5.95. The van der Waals surface area contributed by atoms with Crippen LogP contribution in [0.4, 0.5) is 0 Å². The first-order valence-electron chi connectivity index (χ1n) is 11.9. The van der Waals surface area contributed by atoms with Crippen LogP contribution in [0.3, 0.4) is 0 Å². The molecule has 0 aromatic carbocycles. The van der Waals surface area contributed by atoms with E-state index in [1.165, 1.54) is 0 Å². The van der Waals surface area contributed by atoms with Gasteiger partial charge < -0.3 is 48.7 Å². The molecule has 0 aromatic heterocycles. The van der Waals surface area contributed by atoms with Crippen molar-refractivity contribution in [1.82, 2.24) is 21.3 Å². The van der Waals surface area contributed by atoms with Crippen LogP contribution in [0.15, 0.2) is 4.99 Å². The number of nitrogens with one attached hydrogen (secondary N) is 4. The summed E-state index contributed by atoms with van der Waals surface area (Å²) in [6.07, 6.45) is 2.10. The first kappa shape index (κ1) is 30.6. The van der Waals surface area contributed by atoms with E-state index in [2.05, 4.69) is 26.3 Å². The Morgan fingerprint density at radius 3 is 2.11 bits per heavy atom. The summed E-state index contributed by atoms with van der Waals surface area (Å²) in [6.45, 7) is 1.20. The fourth-order valence-corrected chi connectivity index (χ4v) is 3.63. The number of carbonyl (C=O) groups excluding carboxylic acids is 3. The van der Waals surface area contributed by atoms with Gasteiger partial charge in [-0.15, -0.1) is 0 Å². The van der Waals surface area contributed by atoms with Crippen LogP contribution in [0.25, 0.3) is 0 Å². The molecule has 4 unspecified atom stereocenters. The summed E-state index contributed by atoms with van der Waals surface area (Å²) in [5, 5.41) is 28.9. The van der Waals surface area contributed by atoms with Gasteiger partial charge in [0.25, 0.3) is 0 Å². The number of nitrogens with two attached hydrogens (primary N) is 3. The van der Waals surface area contributed by atoms with Gasteiger partial charge in [-0.2, -0.15) is 0 Å². The van der Waals surface area contributed by atoms with E-state index in [9.17, 15) is 34.2 Å². The van der Waals surface area contributed by atoms with E-state index in [1.54, 1.807) is 0 Å². The van der Waals surface area contributed by atoms with Gasteiger partial charge in [0, 0.05) is 6.54 Å². The van der Waals surface area contributed by atoms with Gasteiger partial charge >= 0.3 is 11.9 Å². The number of hydrogen-bond acceptors (Lipinski definition) is 8. The molecule has 1 saturated heterocycles. The van der Waals surface area contributed by atoms with Gasteiger partial charge in [0.15, 0.2) is 5.96 Å². The molecule has 0 bridgehead atoms. The van der Waals surface area contributed by atoms with Crippen LogP contribution in [-0.2, 0) is 24.0 Å². The van der Waals surface area contributed by atoms with E-state index in [0.717, 1.165) is 6.42 Å². The first-order chi connectivity index (χ1) is 17.0. The van der Waals surface area contributed by atoms with Gasteiger partial charge in [-0.05, 0) is 58.0 Å². The highest BCUT2D eigenvalue weighted by Crippen LogP contribution is 2.08. The van der Waals surface area contributed by atoms with Crippen molar-refractivity contribution >= 4 is 35.6 Å². The van der Waals surface area contributed by atoms with Crippen LogP contribution < -0.4 is 38.5 Å². The smallest absolute Gasteiger partial charge is 0.326 e. The number of guanidine groups is 1. The average molecular weight is 515 g/mol. The van der Waals surface area contributed by atoms with Crippen molar-refractivity contribution in [1.29, 1.82) is 0 Å². The first-order valence-corrected chi connectivity index (χ1v) is 11.9. The Bertz CT molecular complexity index is 797. The number of rotatable bonds is 17. The summed E-state index contributed by atoms with van der Waals surface area (Å²) in [5.74, 6) is -4.97. The summed E-state index contributed by atoms with van der Waals surface area (Å²) in [4.78, 5) is 65.0. The number of amides is 3. The summed E-state index contributed by atoms with van der Waals surface area (Å²) in [6, 6.07) is -4.41. The third kappa shape index (κ3) is 11.8. The van der Waals surface area contributed by atoms with E-state index >= 15 is 0 Å². The van der Waals surface area contributed by atoms with Gasteiger partial charge in [-0.1, -0.05) is 0 Å². The second-order valence-electron chi connectivity index (χ2n) is 8.50. The van der Waals surface area contributed by atoms with Gasteiger partial charge in [-0.25, -0.2) is 4.79 Å². The lowest BCUT2D eigenvalue weighted by atomic mass is 10.1. The minimum absolute atomic E-state index is 0.0872. The Kier molecular flexibility index (Phi) is 13.8.